The van der Waals surface area contributed by atoms with Crippen LogP contribution in [0.4, 0.5) is 0 Å². The van der Waals surface area contributed by atoms with E-state index in [0.29, 0.717) is 18.8 Å². The molecule has 0 radical (unpaired) electrons. The van der Waals surface area contributed by atoms with Crippen LogP contribution in [-0.2, 0) is 16.6 Å². The smallest absolute Gasteiger partial charge is 0.244 e. The van der Waals surface area contributed by atoms with Gasteiger partial charge in [-0.2, -0.15) is 0 Å². The van der Waals surface area contributed by atoms with E-state index in [4.69, 9.17) is 4.74 Å². The first-order valence-electron chi connectivity index (χ1n) is 7.28. The van der Waals surface area contributed by atoms with Crippen molar-refractivity contribution in [3.8, 4) is 5.75 Å². The van der Waals surface area contributed by atoms with Crippen LogP contribution in [0.3, 0.4) is 0 Å². The third-order valence-corrected chi connectivity index (χ3v) is 4.40. The maximum Gasteiger partial charge on any atom is 0.244 e. The van der Waals surface area contributed by atoms with E-state index < -0.39 is 10.0 Å². The van der Waals surface area contributed by atoms with Gasteiger partial charge >= 0.3 is 0 Å². The van der Waals surface area contributed by atoms with Gasteiger partial charge in [0, 0.05) is 13.1 Å². The summed E-state index contributed by atoms with van der Waals surface area (Å²) < 4.78 is 32.6. The molecule has 0 spiro atoms. The van der Waals surface area contributed by atoms with Gasteiger partial charge in [0.1, 0.15) is 10.6 Å². The van der Waals surface area contributed by atoms with Gasteiger partial charge in [-0.05, 0) is 36.6 Å². The molecule has 6 heteroatoms. The van der Waals surface area contributed by atoms with E-state index in [9.17, 15) is 8.42 Å². The zero-order chi connectivity index (χ0) is 15.9. The molecule has 0 aromatic heterocycles. The minimum Gasteiger partial charge on any atom is -0.495 e. The first-order valence-corrected chi connectivity index (χ1v) is 8.76. The number of sulfonamides is 1. The molecule has 1 aromatic rings. The lowest BCUT2D eigenvalue weighted by Crippen LogP contribution is -2.28. The summed E-state index contributed by atoms with van der Waals surface area (Å²) in [6, 6.07) is 5.25. The number of hydrogen-bond donors (Lipinski definition) is 2. The van der Waals surface area contributed by atoms with Crippen LogP contribution in [-0.4, -0.2) is 28.6 Å². The van der Waals surface area contributed by atoms with Gasteiger partial charge in [0.2, 0.25) is 10.0 Å². The minimum atomic E-state index is -3.55. The average Bonchev–Trinajstić information content (AvgIpc) is 2.45. The molecule has 0 atom stereocenters. The number of rotatable bonds is 9. The van der Waals surface area contributed by atoms with Gasteiger partial charge in [-0.25, -0.2) is 13.1 Å². The number of hydrogen-bond acceptors (Lipinski definition) is 4. The van der Waals surface area contributed by atoms with Crippen molar-refractivity contribution in [1.29, 1.82) is 0 Å². The molecule has 2 N–H and O–H groups in total. The van der Waals surface area contributed by atoms with Crippen LogP contribution in [0.15, 0.2) is 23.1 Å². The normalized spacial score (nSPS) is 11.9. The summed E-state index contributed by atoms with van der Waals surface area (Å²) in [5.74, 6) is 0.616. The zero-order valence-electron chi connectivity index (χ0n) is 13.3. The van der Waals surface area contributed by atoms with Crippen LogP contribution in [0.5, 0.6) is 5.75 Å². The van der Waals surface area contributed by atoms with E-state index in [0.717, 1.165) is 18.5 Å². The second kappa shape index (κ2) is 8.36. The second-order valence-corrected chi connectivity index (χ2v) is 7.14. The fourth-order valence-corrected chi connectivity index (χ4v) is 3.24. The van der Waals surface area contributed by atoms with Crippen molar-refractivity contribution in [3.05, 3.63) is 23.8 Å². The summed E-state index contributed by atoms with van der Waals surface area (Å²) >= 11 is 0. The Morgan fingerprint density at radius 2 is 2.00 bits per heavy atom. The van der Waals surface area contributed by atoms with Gasteiger partial charge in [0.15, 0.2) is 0 Å². The summed E-state index contributed by atoms with van der Waals surface area (Å²) in [4.78, 5) is 0.196. The van der Waals surface area contributed by atoms with Crippen LogP contribution < -0.4 is 14.8 Å². The summed E-state index contributed by atoms with van der Waals surface area (Å²) in [5, 5.41) is 3.26. The Morgan fingerprint density at radius 1 is 1.29 bits per heavy atom. The number of benzene rings is 1. The average molecular weight is 314 g/mol. The molecule has 5 nitrogen and oxygen atoms in total. The minimum absolute atomic E-state index is 0.196. The number of ether oxygens (including phenoxy) is 1. The van der Waals surface area contributed by atoms with Gasteiger partial charge < -0.3 is 10.1 Å². The highest BCUT2D eigenvalue weighted by Crippen LogP contribution is 2.24. The largest absolute Gasteiger partial charge is 0.495 e. The first-order chi connectivity index (χ1) is 9.90. The molecule has 0 aliphatic heterocycles. The van der Waals surface area contributed by atoms with Crippen molar-refractivity contribution in [1.82, 2.24) is 10.0 Å². The Hall–Kier alpha value is -1.11. The Bertz CT molecular complexity index is 542. The predicted octanol–water partition coefficient (Wildman–Crippen LogP) is 2.13. The van der Waals surface area contributed by atoms with Gasteiger partial charge in [-0.15, -0.1) is 0 Å². The van der Waals surface area contributed by atoms with Crippen LogP contribution in [0.1, 0.15) is 32.8 Å². The molecule has 0 aliphatic carbocycles. The number of methoxy groups -OCH3 is 1. The molecule has 0 fully saturated rings. The topological polar surface area (TPSA) is 67.4 Å². The van der Waals surface area contributed by atoms with E-state index >= 15 is 0 Å². The Balaban J connectivity index is 2.99. The fourth-order valence-electron chi connectivity index (χ4n) is 1.80. The molecule has 0 unspecified atom stereocenters. The van der Waals surface area contributed by atoms with E-state index in [1.807, 2.05) is 19.9 Å². The maximum absolute atomic E-state index is 12.4. The van der Waals surface area contributed by atoms with Crippen molar-refractivity contribution >= 4 is 10.0 Å². The Kier molecular flexibility index (Phi) is 7.14. The molecular weight excluding hydrogens is 288 g/mol. The quantitative estimate of drug-likeness (QED) is 0.685. The molecule has 1 aromatic carbocycles. The molecule has 0 bridgehead atoms. The van der Waals surface area contributed by atoms with Gasteiger partial charge in [-0.1, -0.05) is 26.8 Å². The van der Waals surface area contributed by atoms with Gasteiger partial charge in [0.05, 0.1) is 7.11 Å². The van der Waals surface area contributed by atoms with Crippen LogP contribution in [0.2, 0.25) is 0 Å². The third kappa shape index (κ3) is 5.65. The lowest BCUT2D eigenvalue weighted by molar-refractivity contribution is 0.402. The van der Waals surface area contributed by atoms with Crippen molar-refractivity contribution in [2.75, 3.05) is 20.2 Å². The Morgan fingerprint density at radius 3 is 2.57 bits per heavy atom. The molecular formula is C15H26N2O3S. The fraction of sp³-hybridized carbons (Fsp3) is 0.600. The highest BCUT2D eigenvalue weighted by Gasteiger charge is 2.20. The zero-order valence-corrected chi connectivity index (χ0v) is 14.1. The highest BCUT2D eigenvalue weighted by molar-refractivity contribution is 7.89. The summed E-state index contributed by atoms with van der Waals surface area (Å²) in [6.07, 6.45) is 1.04. The summed E-state index contributed by atoms with van der Waals surface area (Å²) in [6.45, 7) is 7.97. The highest BCUT2D eigenvalue weighted by atomic mass is 32.2. The molecule has 0 aliphatic rings. The molecule has 0 heterocycles. The molecule has 21 heavy (non-hydrogen) atoms. The predicted molar refractivity (Wildman–Crippen MR) is 85.0 cm³/mol. The molecule has 120 valence electrons. The van der Waals surface area contributed by atoms with Crippen molar-refractivity contribution in [3.63, 3.8) is 0 Å². The maximum atomic E-state index is 12.4. The summed E-state index contributed by atoms with van der Waals surface area (Å²) in [5.41, 5.74) is 0.925. The van der Waals surface area contributed by atoms with Crippen LogP contribution in [0.25, 0.3) is 0 Å². The number of nitrogens with one attached hydrogen (secondary N) is 2. The molecule has 0 saturated carbocycles. The second-order valence-electron chi connectivity index (χ2n) is 5.41. The van der Waals surface area contributed by atoms with E-state index in [2.05, 4.69) is 17.0 Å². The third-order valence-electron chi connectivity index (χ3n) is 2.96. The molecule has 0 saturated heterocycles. The molecule has 1 rings (SSSR count). The van der Waals surface area contributed by atoms with Gasteiger partial charge in [-0.3, -0.25) is 0 Å². The summed E-state index contributed by atoms with van der Waals surface area (Å²) in [7, 11) is -2.08. The van der Waals surface area contributed by atoms with Crippen LogP contribution >= 0.6 is 0 Å². The van der Waals surface area contributed by atoms with E-state index in [1.165, 1.54) is 7.11 Å². The van der Waals surface area contributed by atoms with Gasteiger partial charge in [0.25, 0.3) is 0 Å². The van der Waals surface area contributed by atoms with Crippen molar-refractivity contribution in [2.24, 2.45) is 5.92 Å². The molecule has 0 amide bonds. The van der Waals surface area contributed by atoms with Crippen LogP contribution in [0, 0.1) is 5.92 Å². The monoisotopic (exact) mass is 314 g/mol. The first kappa shape index (κ1) is 17.9. The SMILES string of the molecule is CCCNCc1ccc(OC)c(S(=O)(=O)NCC(C)C)c1. The Labute approximate surface area is 128 Å². The lowest BCUT2D eigenvalue weighted by Gasteiger charge is -2.13. The van der Waals surface area contributed by atoms with E-state index in [-0.39, 0.29) is 10.8 Å². The van der Waals surface area contributed by atoms with Crippen molar-refractivity contribution in [2.45, 2.75) is 38.6 Å². The lowest BCUT2D eigenvalue weighted by atomic mass is 10.2. The standard InChI is InChI=1S/C15H26N2O3S/c1-5-8-16-11-13-6-7-14(20-4)15(9-13)21(18,19)17-10-12(2)3/h6-7,9,12,16-17H,5,8,10-11H2,1-4H3. The van der Waals surface area contributed by atoms with E-state index in [1.54, 1.807) is 12.1 Å². The van der Waals surface area contributed by atoms with Crippen molar-refractivity contribution < 1.29 is 13.2 Å².